The maximum absolute atomic E-state index is 5.90. The molecule has 0 unspecified atom stereocenters. The number of hydrogen-bond donors (Lipinski definition) is 0. The second-order valence-corrected chi connectivity index (χ2v) is 6.84. The molecule has 0 amide bonds. The normalized spacial score (nSPS) is 11.5. The zero-order chi connectivity index (χ0) is 19.5. The van der Waals surface area contributed by atoms with E-state index in [1.54, 1.807) is 7.11 Å². The molecular formula is C25H30O2. The van der Waals surface area contributed by atoms with E-state index in [0.717, 1.165) is 29.9 Å². The fourth-order valence-corrected chi connectivity index (χ4v) is 2.63. The van der Waals surface area contributed by atoms with Gasteiger partial charge in [0, 0.05) is 0 Å². The zero-order valence-corrected chi connectivity index (χ0v) is 16.9. The van der Waals surface area contributed by atoms with Gasteiger partial charge in [0.25, 0.3) is 0 Å². The first-order valence-corrected chi connectivity index (χ1v) is 9.41. The summed E-state index contributed by atoms with van der Waals surface area (Å²) in [5.41, 5.74) is 4.96. The zero-order valence-electron chi connectivity index (χ0n) is 16.9. The predicted octanol–water partition coefficient (Wildman–Crippen LogP) is 6.94. The van der Waals surface area contributed by atoms with Gasteiger partial charge >= 0.3 is 0 Å². The molecule has 0 N–H and O–H groups in total. The minimum atomic E-state index is 0.552. The van der Waals surface area contributed by atoms with Crippen molar-refractivity contribution in [1.82, 2.24) is 0 Å². The van der Waals surface area contributed by atoms with Crippen molar-refractivity contribution in [2.75, 3.05) is 13.7 Å². The van der Waals surface area contributed by atoms with E-state index in [2.05, 4.69) is 57.2 Å². The van der Waals surface area contributed by atoms with E-state index in [4.69, 9.17) is 9.47 Å². The maximum Gasteiger partial charge on any atom is 0.161 e. The Morgan fingerprint density at radius 2 is 1.59 bits per heavy atom. The van der Waals surface area contributed by atoms with Gasteiger partial charge in [0.05, 0.1) is 7.11 Å². The van der Waals surface area contributed by atoms with Gasteiger partial charge in [-0.2, -0.15) is 0 Å². The van der Waals surface area contributed by atoms with Gasteiger partial charge in [-0.3, -0.25) is 0 Å². The van der Waals surface area contributed by atoms with Gasteiger partial charge < -0.3 is 9.47 Å². The molecule has 2 nitrogen and oxygen atoms in total. The van der Waals surface area contributed by atoms with E-state index in [-0.39, 0.29) is 0 Å². The SMILES string of the molecule is COc1cc(/C=C/c2ccccc2)ccc1OC/C=C(\C)CCC=C(C)C. The van der Waals surface area contributed by atoms with E-state index < -0.39 is 0 Å². The molecule has 2 aromatic carbocycles. The van der Waals surface area contributed by atoms with Crippen molar-refractivity contribution in [3.63, 3.8) is 0 Å². The van der Waals surface area contributed by atoms with E-state index in [1.165, 1.54) is 16.7 Å². The summed E-state index contributed by atoms with van der Waals surface area (Å²) in [5, 5.41) is 0. The van der Waals surface area contributed by atoms with E-state index in [1.807, 2.05) is 36.4 Å². The van der Waals surface area contributed by atoms with Gasteiger partial charge in [-0.1, -0.05) is 65.8 Å². The summed E-state index contributed by atoms with van der Waals surface area (Å²) in [6, 6.07) is 16.3. The number of methoxy groups -OCH3 is 1. The van der Waals surface area contributed by atoms with Crippen LogP contribution in [0, 0.1) is 0 Å². The molecule has 0 aliphatic carbocycles. The molecule has 2 rings (SSSR count). The molecule has 0 saturated carbocycles. The van der Waals surface area contributed by atoms with Gasteiger partial charge in [-0.15, -0.1) is 0 Å². The minimum absolute atomic E-state index is 0.552. The van der Waals surface area contributed by atoms with Gasteiger partial charge in [0.15, 0.2) is 11.5 Å². The van der Waals surface area contributed by atoms with Crippen molar-refractivity contribution >= 4 is 12.2 Å². The van der Waals surface area contributed by atoms with Crippen LogP contribution in [0.4, 0.5) is 0 Å². The first-order chi connectivity index (χ1) is 13.1. The van der Waals surface area contributed by atoms with Gasteiger partial charge in [-0.05, 0) is 62.9 Å². The molecule has 27 heavy (non-hydrogen) atoms. The Hall–Kier alpha value is -2.74. The number of benzene rings is 2. The summed E-state index contributed by atoms with van der Waals surface area (Å²) in [7, 11) is 1.67. The lowest BCUT2D eigenvalue weighted by atomic mass is 10.1. The third-order valence-corrected chi connectivity index (χ3v) is 4.22. The summed E-state index contributed by atoms with van der Waals surface area (Å²) in [5.74, 6) is 1.52. The van der Waals surface area contributed by atoms with Crippen LogP contribution in [0.5, 0.6) is 11.5 Å². The van der Waals surface area contributed by atoms with Crippen LogP contribution in [0.25, 0.3) is 12.2 Å². The molecule has 0 fully saturated rings. The average Bonchev–Trinajstić information content (AvgIpc) is 2.67. The smallest absolute Gasteiger partial charge is 0.161 e. The Bertz CT molecular complexity index is 794. The Balaban J connectivity index is 1.95. The molecule has 0 saturated heterocycles. The average molecular weight is 363 g/mol. The number of allylic oxidation sites excluding steroid dienone is 3. The molecule has 0 radical (unpaired) electrons. The Kier molecular flexibility index (Phi) is 8.44. The second-order valence-electron chi connectivity index (χ2n) is 6.84. The Morgan fingerprint density at radius 3 is 2.30 bits per heavy atom. The van der Waals surface area contributed by atoms with Crippen molar-refractivity contribution in [2.45, 2.75) is 33.6 Å². The Morgan fingerprint density at radius 1 is 0.852 bits per heavy atom. The van der Waals surface area contributed by atoms with Crippen molar-refractivity contribution in [3.8, 4) is 11.5 Å². The molecule has 0 aromatic heterocycles. The molecule has 142 valence electrons. The van der Waals surface area contributed by atoms with Crippen molar-refractivity contribution < 1.29 is 9.47 Å². The van der Waals surface area contributed by atoms with Crippen molar-refractivity contribution in [2.24, 2.45) is 0 Å². The number of hydrogen-bond acceptors (Lipinski definition) is 2. The molecule has 2 aromatic rings. The highest BCUT2D eigenvalue weighted by Gasteiger charge is 2.04. The summed E-state index contributed by atoms with van der Waals surface area (Å²) in [6.45, 7) is 6.97. The van der Waals surface area contributed by atoms with Crippen LogP contribution in [-0.2, 0) is 0 Å². The number of ether oxygens (including phenoxy) is 2. The first kappa shape index (κ1) is 20.6. The summed E-state index contributed by atoms with van der Waals surface area (Å²) in [4.78, 5) is 0. The van der Waals surface area contributed by atoms with Gasteiger partial charge in [0.1, 0.15) is 6.61 Å². The van der Waals surface area contributed by atoms with E-state index >= 15 is 0 Å². The van der Waals surface area contributed by atoms with Crippen LogP contribution < -0.4 is 9.47 Å². The van der Waals surface area contributed by atoms with E-state index in [9.17, 15) is 0 Å². The predicted molar refractivity (Wildman–Crippen MR) is 116 cm³/mol. The molecule has 0 bridgehead atoms. The molecule has 2 heteroatoms. The summed E-state index contributed by atoms with van der Waals surface area (Å²) in [6.07, 6.45) is 10.7. The summed E-state index contributed by atoms with van der Waals surface area (Å²) < 4.78 is 11.4. The third-order valence-electron chi connectivity index (χ3n) is 4.22. The quantitative estimate of drug-likeness (QED) is 0.355. The highest BCUT2D eigenvalue weighted by atomic mass is 16.5. The molecular weight excluding hydrogens is 332 g/mol. The molecule has 0 heterocycles. The molecule has 0 aliphatic heterocycles. The first-order valence-electron chi connectivity index (χ1n) is 9.41. The summed E-state index contributed by atoms with van der Waals surface area (Å²) >= 11 is 0. The second kappa shape index (κ2) is 11.1. The topological polar surface area (TPSA) is 18.5 Å². The monoisotopic (exact) mass is 362 g/mol. The van der Waals surface area contributed by atoms with Crippen LogP contribution >= 0.6 is 0 Å². The van der Waals surface area contributed by atoms with E-state index in [0.29, 0.717) is 6.61 Å². The van der Waals surface area contributed by atoms with Gasteiger partial charge in [-0.25, -0.2) is 0 Å². The van der Waals surface area contributed by atoms with Crippen LogP contribution in [-0.4, -0.2) is 13.7 Å². The fraction of sp³-hybridized carbons (Fsp3) is 0.280. The largest absolute Gasteiger partial charge is 0.493 e. The fourth-order valence-electron chi connectivity index (χ4n) is 2.63. The van der Waals surface area contributed by atoms with Crippen molar-refractivity contribution in [3.05, 3.63) is 83.0 Å². The van der Waals surface area contributed by atoms with Crippen LogP contribution in [0.3, 0.4) is 0 Å². The standard InChI is InChI=1S/C25H30O2/c1-20(2)9-8-10-21(3)17-18-27-24-16-15-23(19-25(24)26-4)14-13-22-11-6-5-7-12-22/h5-7,9,11-17,19H,8,10,18H2,1-4H3/b14-13+,21-17+. The highest BCUT2D eigenvalue weighted by molar-refractivity contribution is 5.70. The maximum atomic E-state index is 5.90. The van der Waals surface area contributed by atoms with Crippen LogP contribution in [0.1, 0.15) is 44.7 Å². The number of rotatable bonds is 9. The van der Waals surface area contributed by atoms with Crippen LogP contribution in [0.2, 0.25) is 0 Å². The lowest BCUT2D eigenvalue weighted by Crippen LogP contribution is -1.97. The third kappa shape index (κ3) is 7.57. The molecule has 0 aliphatic rings. The minimum Gasteiger partial charge on any atom is -0.493 e. The lowest BCUT2D eigenvalue weighted by Gasteiger charge is -2.10. The van der Waals surface area contributed by atoms with Crippen LogP contribution in [0.15, 0.2) is 71.8 Å². The molecule has 0 atom stereocenters. The highest BCUT2D eigenvalue weighted by Crippen LogP contribution is 2.29. The van der Waals surface area contributed by atoms with Crippen molar-refractivity contribution in [1.29, 1.82) is 0 Å². The Labute approximate surface area is 163 Å². The lowest BCUT2D eigenvalue weighted by molar-refractivity contribution is 0.325. The van der Waals surface area contributed by atoms with Gasteiger partial charge in [0.2, 0.25) is 0 Å². The molecule has 0 spiro atoms.